The summed E-state index contributed by atoms with van der Waals surface area (Å²) in [5, 5.41) is 9.58. The van der Waals surface area contributed by atoms with Crippen molar-refractivity contribution in [3.8, 4) is 0 Å². The molecular weight excluding hydrogens is 339 g/mol. The predicted molar refractivity (Wildman–Crippen MR) is 74.5 cm³/mol. The van der Waals surface area contributed by atoms with Gasteiger partial charge in [-0.2, -0.15) is 0 Å². The zero-order chi connectivity index (χ0) is 14.8. The Balaban J connectivity index is 2.98. The minimum Gasteiger partial charge on any atom is -0.398 e. The van der Waals surface area contributed by atoms with Gasteiger partial charge in [0.1, 0.15) is 10.7 Å². The van der Waals surface area contributed by atoms with Crippen molar-refractivity contribution in [1.29, 1.82) is 0 Å². The minimum absolute atomic E-state index is 0.00600. The molecule has 0 aliphatic heterocycles. The minimum atomic E-state index is -3.89. The fourth-order valence-electron chi connectivity index (χ4n) is 1.29. The highest BCUT2D eigenvalue weighted by Crippen LogP contribution is 2.26. The van der Waals surface area contributed by atoms with E-state index in [4.69, 9.17) is 5.73 Å². The second-order valence-electron chi connectivity index (χ2n) is 4.47. The number of aliphatic hydroxyl groups excluding tert-OH is 1. The van der Waals surface area contributed by atoms with Crippen LogP contribution in [-0.2, 0) is 10.0 Å². The van der Waals surface area contributed by atoms with Gasteiger partial charge in [-0.15, -0.1) is 0 Å². The third-order valence-electron chi connectivity index (χ3n) is 2.59. The average molecular weight is 355 g/mol. The quantitative estimate of drug-likeness (QED) is 0.698. The summed E-state index contributed by atoms with van der Waals surface area (Å²) < 4.78 is 39.4. The summed E-state index contributed by atoms with van der Waals surface area (Å²) in [5.41, 5.74) is 5.31. The monoisotopic (exact) mass is 354 g/mol. The van der Waals surface area contributed by atoms with Crippen molar-refractivity contribution in [2.75, 3.05) is 12.3 Å². The van der Waals surface area contributed by atoms with Crippen molar-refractivity contribution in [3.63, 3.8) is 0 Å². The van der Waals surface area contributed by atoms with E-state index in [1.807, 2.05) is 0 Å². The molecule has 0 bridgehead atoms. The summed E-state index contributed by atoms with van der Waals surface area (Å²) in [5.74, 6) is -0.723. The maximum Gasteiger partial charge on any atom is 0.242 e. The van der Waals surface area contributed by atoms with E-state index in [1.165, 1.54) is 0 Å². The molecule has 0 saturated heterocycles. The van der Waals surface area contributed by atoms with E-state index < -0.39 is 21.9 Å². The molecule has 0 heterocycles. The topological polar surface area (TPSA) is 92.4 Å². The molecule has 4 N–H and O–H groups in total. The first-order chi connectivity index (χ1) is 8.65. The molecular formula is C11H16BrFN2O3S. The van der Waals surface area contributed by atoms with Crippen LogP contribution in [0.15, 0.2) is 21.5 Å². The SMILES string of the molecule is CC(C)C(O)CNS(=O)(=O)c1cc(Br)c(F)cc1N. The van der Waals surface area contributed by atoms with Crippen molar-refractivity contribution in [3.05, 3.63) is 22.4 Å². The van der Waals surface area contributed by atoms with Crippen molar-refractivity contribution in [1.82, 2.24) is 4.72 Å². The van der Waals surface area contributed by atoms with Gasteiger partial charge >= 0.3 is 0 Å². The molecule has 0 radical (unpaired) electrons. The number of nitrogens with one attached hydrogen (secondary N) is 1. The number of rotatable bonds is 5. The van der Waals surface area contributed by atoms with Gasteiger partial charge < -0.3 is 10.8 Å². The summed E-state index contributed by atoms with van der Waals surface area (Å²) in [7, 11) is -3.89. The zero-order valence-corrected chi connectivity index (χ0v) is 12.9. The fourth-order valence-corrected chi connectivity index (χ4v) is 2.97. The number of hydrogen-bond acceptors (Lipinski definition) is 4. The van der Waals surface area contributed by atoms with Crippen LogP contribution in [0.4, 0.5) is 10.1 Å². The van der Waals surface area contributed by atoms with Gasteiger partial charge in [-0.3, -0.25) is 0 Å². The molecule has 19 heavy (non-hydrogen) atoms. The third-order valence-corrected chi connectivity index (χ3v) is 4.68. The molecule has 5 nitrogen and oxygen atoms in total. The smallest absolute Gasteiger partial charge is 0.242 e. The molecule has 1 atom stereocenters. The van der Waals surface area contributed by atoms with Gasteiger partial charge in [0, 0.05) is 6.54 Å². The number of hydrogen-bond donors (Lipinski definition) is 3. The average Bonchev–Trinajstić information content (AvgIpc) is 2.30. The zero-order valence-electron chi connectivity index (χ0n) is 10.5. The highest BCUT2D eigenvalue weighted by Gasteiger charge is 2.21. The van der Waals surface area contributed by atoms with Crippen molar-refractivity contribution in [2.24, 2.45) is 5.92 Å². The van der Waals surface area contributed by atoms with Crippen LogP contribution in [0.3, 0.4) is 0 Å². The van der Waals surface area contributed by atoms with Gasteiger partial charge in [0.05, 0.1) is 16.3 Å². The number of nitrogens with two attached hydrogens (primary N) is 1. The number of nitrogen functional groups attached to an aromatic ring is 1. The van der Waals surface area contributed by atoms with E-state index in [2.05, 4.69) is 20.7 Å². The van der Waals surface area contributed by atoms with Crippen LogP contribution in [0.2, 0.25) is 0 Å². The van der Waals surface area contributed by atoms with Crippen molar-refractivity contribution in [2.45, 2.75) is 24.8 Å². The summed E-state index contributed by atoms with van der Waals surface area (Å²) >= 11 is 2.90. The van der Waals surface area contributed by atoms with Crippen molar-refractivity contribution < 1.29 is 17.9 Å². The van der Waals surface area contributed by atoms with Crippen LogP contribution in [0, 0.1) is 11.7 Å². The van der Waals surface area contributed by atoms with Gasteiger partial charge in [-0.25, -0.2) is 17.5 Å². The lowest BCUT2D eigenvalue weighted by molar-refractivity contribution is 0.129. The first-order valence-corrected chi connectivity index (χ1v) is 7.85. The van der Waals surface area contributed by atoms with Crippen LogP contribution < -0.4 is 10.5 Å². The lowest BCUT2D eigenvalue weighted by Crippen LogP contribution is -2.35. The summed E-state index contributed by atoms with van der Waals surface area (Å²) in [4.78, 5) is -0.225. The molecule has 1 unspecified atom stereocenters. The van der Waals surface area contributed by atoms with Crippen LogP contribution in [0.5, 0.6) is 0 Å². The summed E-state index contributed by atoms with van der Waals surface area (Å²) in [6.07, 6.45) is -0.806. The molecule has 0 fully saturated rings. The molecule has 0 amide bonds. The van der Waals surface area contributed by atoms with E-state index in [9.17, 15) is 17.9 Å². The molecule has 0 aliphatic carbocycles. The first-order valence-electron chi connectivity index (χ1n) is 5.57. The normalized spacial score (nSPS) is 13.8. The lowest BCUT2D eigenvalue weighted by Gasteiger charge is -2.16. The maximum atomic E-state index is 13.2. The molecule has 1 rings (SSSR count). The molecule has 1 aromatic rings. The molecule has 108 valence electrons. The standard InChI is InChI=1S/C11H16BrFN2O3S/c1-6(2)10(16)5-15-19(17,18)11-3-7(12)8(13)4-9(11)14/h3-4,6,10,15-16H,5,14H2,1-2H3. The number of aliphatic hydroxyl groups is 1. The Hall–Kier alpha value is -0.700. The number of anilines is 1. The predicted octanol–water partition coefficient (Wildman–Crippen LogP) is 1.47. The van der Waals surface area contributed by atoms with E-state index in [-0.39, 0.29) is 27.5 Å². The second kappa shape index (κ2) is 6.17. The third kappa shape index (κ3) is 4.13. The molecule has 1 aromatic carbocycles. The highest BCUT2D eigenvalue weighted by atomic mass is 79.9. The van der Waals surface area contributed by atoms with Gasteiger partial charge in [-0.1, -0.05) is 13.8 Å². The van der Waals surface area contributed by atoms with Crippen LogP contribution in [0.25, 0.3) is 0 Å². The number of sulfonamides is 1. The number of halogens is 2. The fraction of sp³-hybridized carbons (Fsp3) is 0.455. The van der Waals surface area contributed by atoms with Gasteiger partial charge in [-0.05, 0) is 34.0 Å². The van der Waals surface area contributed by atoms with Crippen LogP contribution >= 0.6 is 15.9 Å². The van der Waals surface area contributed by atoms with Gasteiger partial charge in [0.2, 0.25) is 10.0 Å². The lowest BCUT2D eigenvalue weighted by atomic mass is 10.1. The van der Waals surface area contributed by atoms with Gasteiger partial charge in [0.15, 0.2) is 0 Å². The number of benzene rings is 1. The van der Waals surface area contributed by atoms with Gasteiger partial charge in [0.25, 0.3) is 0 Å². The Morgan fingerprint density at radius 1 is 1.47 bits per heavy atom. The molecule has 0 aromatic heterocycles. The molecule has 0 spiro atoms. The maximum absolute atomic E-state index is 13.2. The Labute approximate surface area is 120 Å². The largest absolute Gasteiger partial charge is 0.398 e. The first kappa shape index (κ1) is 16.4. The van der Waals surface area contributed by atoms with E-state index in [0.29, 0.717) is 0 Å². The summed E-state index contributed by atoms with van der Waals surface area (Å²) in [6, 6.07) is 2.02. The van der Waals surface area contributed by atoms with Crippen LogP contribution in [-0.4, -0.2) is 26.2 Å². The molecule has 8 heteroatoms. The highest BCUT2D eigenvalue weighted by molar-refractivity contribution is 9.10. The Morgan fingerprint density at radius 2 is 2.05 bits per heavy atom. The molecule has 0 aliphatic rings. The van der Waals surface area contributed by atoms with E-state index in [1.54, 1.807) is 13.8 Å². The van der Waals surface area contributed by atoms with Crippen molar-refractivity contribution >= 4 is 31.6 Å². The molecule has 0 saturated carbocycles. The Bertz CT molecular complexity index is 563. The van der Waals surface area contributed by atoms with Crippen LogP contribution in [0.1, 0.15) is 13.8 Å². The van der Waals surface area contributed by atoms with E-state index in [0.717, 1.165) is 12.1 Å². The second-order valence-corrected chi connectivity index (χ2v) is 7.06. The summed E-state index contributed by atoms with van der Waals surface area (Å²) in [6.45, 7) is 3.40. The Kier molecular flexibility index (Phi) is 5.31. The Morgan fingerprint density at radius 3 is 2.58 bits per heavy atom. The van der Waals surface area contributed by atoms with E-state index >= 15 is 0 Å².